The lowest BCUT2D eigenvalue weighted by Gasteiger charge is -2.08. The molecule has 0 bridgehead atoms. The molecule has 0 unspecified atom stereocenters. The van der Waals surface area contributed by atoms with Crippen LogP contribution < -0.4 is 10.5 Å². The fraction of sp³-hybridized carbons (Fsp3) is 0.308. The van der Waals surface area contributed by atoms with Gasteiger partial charge < -0.3 is 10.7 Å². The highest BCUT2D eigenvalue weighted by molar-refractivity contribution is 7.92. The second-order valence-electron chi connectivity index (χ2n) is 4.53. The third kappa shape index (κ3) is 3.58. The first-order valence-corrected chi connectivity index (χ1v) is 7.83. The maximum absolute atomic E-state index is 12.1. The quantitative estimate of drug-likeness (QED) is 0.749. The lowest BCUT2D eigenvalue weighted by Crippen LogP contribution is -2.13. The zero-order valence-electron chi connectivity index (χ0n) is 11.3. The Kier molecular flexibility index (Phi) is 4.41. The summed E-state index contributed by atoms with van der Waals surface area (Å²) in [5.41, 5.74) is 7.06. The molecule has 1 aromatic heterocycles. The number of sulfonamides is 1. The van der Waals surface area contributed by atoms with Crippen LogP contribution in [0.5, 0.6) is 0 Å². The van der Waals surface area contributed by atoms with Crippen LogP contribution in [0.3, 0.4) is 0 Å². The molecule has 0 aliphatic rings. The van der Waals surface area contributed by atoms with Crippen molar-refractivity contribution in [3.8, 4) is 0 Å². The molecule has 0 aliphatic heterocycles. The Morgan fingerprint density at radius 1 is 1.40 bits per heavy atom. The SMILES string of the molecule is Cc1ncc(S(=O)(=O)Nc2cccc(CCCN)c2)[nH]1. The summed E-state index contributed by atoms with van der Waals surface area (Å²) in [5.74, 6) is 0.557. The fourth-order valence-electron chi connectivity index (χ4n) is 1.84. The minimum Gasteiger partial charge on any atom is -0.332 e. The molecule has 0 radical (unpaired) electrons. The molecule has 2 rings (SSSR count). The number of imidazole rings is 1. The molecule has 0 spiro atoms. The normalized spacial score (nSPS) is 11.5. The summed E-state index contributed by atoms with van der Waals surface area (Å²) in [4.78, 5) is 6.60. The molecule has 0 saturated carbocycles. The predicted octanol–water partition coefficient (Wildman–Crippen LogP) is 1.41. The van der Waals surface area contributed by atoms with E-state index in [1.165, 1.54) is 6.20 Å². The third-order valence-corrected chi connectivity index (χ3v) is 4.11. The van der Waals surface area contributed by atoms with Crippen molar-refractivity contribution in [2.24, 2.45) is 5.73 Å². The summed E-state index contributed by atoms with van der Waals surface area (Å²) in [6, 6.07) is 7.30. The van der Waals surface area contributed by atoms with E-state index in [0.717, 1.165) is 18.4 Å². The summed E-state index contributed by atoms with van der Waals surface area (Å²) in [7, 11) is -3.62. The van der Waals surface area contributed by atoms with Crippen LogP contribution in [0.1, 0.15) is 17.8 Å². The first-order valence-electron chi connectivity index (χ1n) is 6.35. The highest BCUT2D eigenvalue weighted by Crippen LogP contribution is 2.16. The van der Waals surface area contributed by atoms with Crippen molar-refractivity contribution in [3.63, 3.8) is 0 Å². The molecule has 0 fully saturated rings. The van der Waals surface area contributed by atoms with Gasteiger partial charge in [0.2, 0.25) is 0 Å². The van der Waals surface area contributed by atoms with Crippen LogP contribution >= 0.6 is 0 Å². The predicted molar refractivity (Wildman–Crippen MR) is 78.0 cm³/mol. The van der Waals surface area contributed by atoms with Gasteiger partial charge in [-0.15, -0.1) is 0 Å². The number of rotatable bonds is 6. The van der Waals surface area contributed by atoms with E-state index in [1.807, 2.05) is 18.2 Å². The van der Waals surface area contributed by atoms with Crippen LogP contribution in [0, 0.1) is 6.92 Å². The number of aryl methyl sites for hydroxylation is 2. The number of aromatic nitrogens is 2. The number of hydrogen-bond donors (Lipinski definition) is 3. The van der Waals surface area contributed by atoms with Crippen LogP contribution in [0.15, 0.2) is 35.5 Å². The van der Waals surface area contributed by atoms with Gasteiger partial charge in [0.05, 0.1) is 6.20 Å². The zero-order valence-corrected chi connectivity index (χ0v) is 12.1. The van der Waals surface area contributed by atoms with Gasteiger partial charge in [-0.3, -0.25) is 4.72 Å². The van der Waals surface area contributed by atoms with Gasteiger partial charge in [-0.2, -0.15) is 8.42 Å². The molecule has 108 valence electrons. The Balaban J connectivity index is 2.17. The molecule has 0 aliphatic carbocycles. The second kappa shape index (κ2) is 6.06. The molecule has 1 aromatic carbocycles. The van der Waals surface area contributed by atoms with E-state index in [4.69, 9.17) is 5.73 Å². The Morgan fingerprint density at radius 3 is 2.85 bits per heavy atom. The van der Waals surface area contributed by atoms with Crippen molar-refractivity contribution in [2.45, 2.75) is 24.8 Å². The van der Waals surface area contributed by atoms with E-state index in [0.29, 0.717) is 18.1 Å². The van der Waals surface area contributed by atoms with E-state index in [2.05, 4.69) is 14.7 Å². The van der Waals surface area contributed by atoms with Gasteiger partial charge in [-0.1, -0.05) is 12.1 Å². The molecule has 0 atom stereocenters. The number of hydrogen-bond acceptors (Lipinski definition) is 4. The third-order valence-electron chi connectivity index (χ3n) is 2.82. The lowest BCUT2D eigenvalue weighted by atomic mass is 10.1. The van der Waals surface area contributed by atoms with Gasteiger partial charge in [-0.05, 0) is 44.0 Å². The van der Waals surface area contributed by atoms with Gasteiger partial charge in [0, 0.05) is 5.69 Å². The summed E-state index contributed by atoms with van der Waals surface area (Å²) >= 11 is 0. The maximum Gasteiger partial charge on any atom is 0.278 e. The average molecular weight is 294 g/mol. The largest absolute Gasteiger partial charge is 0.332 e. The topological polar surface area (TPSA) is 101 Å². The van der Waals surface area contributed by atoms with Crippen molar-refractivity contribution >= 4 is 15.7 Å². The Bertz CT molecular complexity index is 679. The van der Waals surface area contributed by atoms with Crippen LogP contribution in [0.2, 0.25) is 0 Å². The number of nitrogens with zero attached hydrogens (tertiary/aromatic N) is 1. The minimum absolute atomic E-state index is 0.0577. The Morgan fingerprint density at radius 2 is 2.20 bits per heavy atom. The highest BCUT2D eigenvalue weighted by Gasteiger charge is 2.16. The molecular formula is C13H18N4O2S. The van der Waals surface area contributed by atoms with E-state index in [-0.39, 0.29) is 5.03 Å². The molecule has 4 N–H and O–H groups in total. The van der Waals surface area contributed by atoms with Gasteiger partial charge in [0.1, 0.15) is 5.82 Å². The molecular weight excluding hydrogens is 276 g/mol. The van der Waals surface area contributed by atoms with Crippen molar-refractivity contribution in [1.82, 2.24) is 9.97 Å². The molecule has 20 heavy (non-hydrogen) atoms. The molecule has 0 amide bonds. The molecule has 7 heteroatoms. The van der Waals surface area contributed by atoms with Crippen molar-refractivity contribution in [1.29, 1.82) is 0 Å². The lowest BCUT2D eigenvalue weighted by molar-refractivity contribution is 0.598. The standard InChI is InChI=1S/C13H18N4O2S/c1-10-15-9-13(16-10)20(18,19)17-12-6-2-4-11(8-12)5-3-7-14/h2,4,6,8-9,17H,3,5,7,14H2,1H3,(H,15,16). The van der Waals surface area contributed by atoms with Crippen LogP contribution in [0.25, 0.3) is 0 Å². The van der Waals surface area contributed by atoms with E-state index in [9.17, 15) is 8.42 Å². The summed E-state index contributed by atoms with van der Waals surface area (Å²) in [6.07, 6.45) is 3.00. The Hall–Kier alpha value is -1.86. The van der Waals surface area contributed by atoms with Crippen LogP contribution in [-0.2, 0) is 16.4 Å². The summed E-state index contributed by atoms with van der Waals surface area (Å²) in [6.45, 7) is 2.32. The van der Waals surface area contributed by atoms with Crippen LogP contribution in [0.4, 0.5) is 5.69 Å². The number of anilines is 1. The maximum atomic E-state index is 12.1. The van der Waals surface area contributed by atoms with Crippen molar-refractivity contribution in [3.05, 3.63) is 41.9 Å². The monoisotopic (exact) mass is 294 g/mol. The van der Waals surface area contributed by atoms with Crippen LogP contribution in [-0.4, -0.2) is 24.9 Å². The van der Waals surface area contributed by atoms with Gasteiger partial charge in [-0.25, -0.2) is 4.98 Å². The van der Waals surface area contributed by atoms with Gasteiger partial charge in [0.25, 0.3) is 10.0 Å². The number of nitrogens with two attached hydrogens (primary N) is 1. The molecule has 2 aromatic rings. The second-order valence-corrected chi connectivity index (χ2v) is 6.18. The first-order chi connectivity index (χ1) is 9.51. The Labute approximate surface area is 118 Å². The van der Waals surface area contributed by atoms with Crippen molar-refractivity contribution < 1.29 is 8.42 Å². The van der Waals surface area contributed by atoms with E-state index < -0.39 is 10.0 Å². The molecule has 6 nitrogen and oxygen atoms in total. The zero-order chi connectivity index (χ0) is 14.6. The number of H-pyrrole nitrogens is 1. The number of aromatic amines is 1. The van der Waals surface area contributed by atoms with Gasteiger partial charge in [0.15, 0.2) is 5.03 Å². The summed E-state index contributed by atoms with van der Waals surface area (Å²) in [5, 5.41) is 0.0577. The summed E-state index contributed by atoms with van der Waals surface area (Å²) < 4.78 is 26.8. The number of benzene rings is 1. The van der Waals surface area contributed by atoms with E-state index >= 15 is 0 Å². The molecule has 1 heterocycles. The first kappa shape index (κ1) is 14.5. The molecule has 0 saturated heterocycles. The number of nitrogens with one attached hydrogen (secondary N) is 2. The van der Waals surface area contributed by atoms with Gasteiger partial charge >= 0.3 is 0 Å². The average Bonchev–Trinajstić information content (AvgIpc) is 2.84. The minimum atomic E-state index is -3.62. The van der Waals surface area contributed by atoms with Crippen molar-refractivity contribution in [2.75, 3.05) is 11.3 Å². The van der Waals surface area contributed by atoms with E-state index in [1.54, 1.807) is 13.0 Å². The highest BCUT2D eigenvalue weighted by atomic mass is 32.2. The fourth-order valence-corrected chi connectivity index (χ4v) is 2.86. The smallest absolute Gasteiger partial charge is 0.278 e.